The van der Waals surface area contributed by atoms with Crippen LogP contribution in [-0.4, -0.2) is 21.4 Å². The topological polar surface area (TPSA) is 46.9 Å². The van der Waals surface area contributed by atoms with Gasteiger partial charge in [-0.1, -0.05) is 50.6 Å². The number of hydrogen-bond acceptors (Lipinski definition) is 5. The minimum atomic E-state index is -0.0871. The van der Waals surface area contributed by atoms with E-state index in [-0.39, 0.29) is 11.7 Å². The van der Waals surface area contributed by atoms with Crippen molar-refractivity contribution >= 4 is 74.4 Å². The van der Waals surface area contributed by atoms with Crippen LogP contribution in [0.2, 0.25) is 5.02 Å². The molecule has 134 valence electrons. The van der Waals surface area contributed by atoms with E-state index in [1.807, 2.05) is 37.3 Å². The normalized spacial score (nSPS) is 10.7. The first-order valence-corrected chi connectivity index (χ1v) is 10.9. The Labute approximate surface area is 177 Å². The average Bonchev–Trinajstić information content (AvgIpc) is 2.98. The number of nitrogens with zero attached hydrogens (tertiary/aromatic N) is 2. The largest absolute Gasteiger partial charge is 0.325 e. The van der Waals surface area contributed by atoms with Gasteiger partial charge in [0.05, 0.1) is 11.4 Å². The molecule has 0 bridgehead atoms. The van der Waals surface area contributed by atoms with Crippen molar-refractivity contribution in [3.8, 4) is 5.69 Å². The standard InChI is InChI=1S/C17H13BrClN3OS3/c1-10-8-12(4-7-14(10)18)20-15(23)9-25-16-21-22(17(24)26-16)13-5-2-11(19)3-6-13/h2-8H,9H2,1H3,(H,20,23). The Balaban J connectivity index is 1.63. The van der Waals surface area contributed by atoms with Crippen LogP contribution in [0.1, 0.15) is 5.56 Å². The first-order chi connectivity index (χ1) is 12.4. The average molecular weight is 487 g/mol. The van der Waals surface area contributed by atoms with Crippen molar-refractivity contribution in [2.75, 3.05) is 11.1 Å². The smallest absolute Gasteiger partial charge is 0.234 e. The highest BCUT2D eigenvalue weighted by Gasteiger charge is 2.10. The Morgan fingerprint density at radius 1 is 1.35 bits per heavy atom. The van der Waals surface area contributed by atoms with E-state index < -0.39 is 0 Å². The van der Waals surface area contributed by atoms with Gasteiger partial charge >= 0.3 is 0 Å². The predicted molar refractivity (Wildman–Crippen MR) is 116 cm³/mol. The maximum absolute atomic E-state index is 12.2. The molecule has 0 unspecified atom stereocenters. The number of carbonyl (C=O) groups excluding carboxylic acids is 1. The van der Waals surface area contributed by atoms with Crippen molar-refractivity contribution in [2.24, 2.45) is 0 Å². The van der Waals surface area contributed by atoms with Crippen LogP contribution < -0.4 is 5.32 Å². The number of amides is 1. The second-order valence-corrected chi connectivity index (χ2v) is 9.46. The molecule has 0 radical (unpaired) electrons. The van der Waals surface area contributed by atoms with Crippen molar-refractivity contribution in [2.45, 2.75) is 11.3 Å². The second kappa shape index (κ2) is 8.67. The third-order valence-electron chi connectivity index (χ3n) is 3.37. The molecule has 0 atom stereocenters. The highest BCUT2D eigenvalue weighted by atomic mass is 79.9. The van der Waals surface area contributed by atoms with Gasteiger partial charge in [0.25, 0.3) is 0 Å². The van der Waals surface area contributed by atoms with Gasteiger partial charge in [-0.25, -0.2) is 4.68 Å². The summed E-state index contributed by atoms with van der Waals surface area (Å²) in [5.41, 5.74) is 2.68. The molecule has 1 aromatic heterocycles. The number of anilines is 1. The molecular formula is C17H13BrClN3OS3. The van der Waals surface area contributed by atoms with Crippen LogP contribution in [0.3, 0.4) is 0 Å². The van der Waals surface area contributed by atoms with Gasteiger partial charge in [0, 0.05) is 15.2 Å². The van der Waals surface area contributed by atoms with Crippen LogP contribution in [0.25, 0.3) is 5.69 Å². The van der Waals surface area contributed by atoms with Gasteiger partial charge in [-0.15, -0.1) is 5.10 Å². The van der Waals surface area contributed by atoms with Crippen LogP contribution in [0.4, 0.5) is 5.69 Å². The number of thioether (sulfide) groups is 1. The SMILES string of the molecule is Cc1cc(NC(=O)CSc2nn(-c3ccc(Cl)cc3)c(=S)s2)ccc1Br. The summed E-state index contributed by atoms with van der Waals surface area (Å²) in [6.45, 7) is 1.98. The molecule has 4 nitrogen and oxygen atoms in total. The molecule has 0 aliphatic carbocycles. The zero-order valence-corrected chi connectivity index (χ0v) is 18.3. The molecule has 0 spiro atoms. The number of benzene rings is 2. The van der Waals surface area contributed by atoms with Crippen molar-refractivity contribution < 1.29 is 4.79 Å². The lowest BCUT2D eigenvalue weighted by atomic mass is 10.2. The Morgan fingerprint density at radius 2 is 2.08 bits per heavy atom. The van der Waals surface area contributed by atoms with E-state index in [0.29, 0.717) is 8.98 Å². The molecule has 0 aliphatic rings. The Hall–Kier alpha value is -1.19. The van der Waals surface area contributed by atoms with Crippen molar-refractivity contribution in [1.82, 2.24) is 9.78 Å². The van der Waals surface area contributed by atoms with Gasteiger partial charge in [-0.2, -0.15) is 0 Å². The van der Waals surface area contributed by atoms with E-state index >= 15 is 0 Å². The monoisotopic (exact) mass is 485 g/mol. The summed E-state index contributed by atoms with van der Waals surface area (Å²) < 4.78 is 4.05. The zero-order chi connectivity index (χ0) is 18.7. The number of halogens is 2. The molecule has 3 rings (SSSR count). The molecule has 1 N–H and O–H groups in total. The number of hydrogen-bond donors (Lipinski definition) is 1. The zero-order valence-electron chi connectivity index (χ0n) is 13.5. The molecule has 9 heteroatoms. The van der Waals surface area contributed by atoms with Crippen molar-refractivity contribution in [3.05, 3.63) is 61.5 Å². The van der Waals surface area contributed by atoms with Gasteiger partial charge in [0.2, 0.25) is 5.91 Å². The van der Waals surface area contributed by atoms with Crippen LogP contribution in [0.5, 0.6) is 0 Å². The summed E-state index contributed by atoms with van der Waals surface area (Å²) in [5, 5.41) is 8.02. The van der Waals surface area contributed by atoms with Gasteiger partial charge in [-0.3, -0.25) is 4.79 Å². The third-order valence-corrected chi connectivity index (χ3v) is 6.88. The lowest BCUT2D eigenvalue weighted by Gasteiger charge is -2.06. The maximum atomic E-state index is 12.2. The first kappa shape index (κ1) is 19.6. The van der Waals surface area contributed by atoms with Crippen LogP contribution in [0.15, 0.2) is 51.3 Å². The highest BCUT2D eigenvalue weighted by molar-refractivity contribution is 9.10. The fourth-order valence-electron chi connectivity index (χ4n) is 2.11. The van der Waals surface area contributed by atoms with Gasteiger partial charge in [0.1, 0.15) is 0 Å². The van der Waals surface area contributed by atoms with Gasteiger partial charge < -0.3 is 5.32 Å². The highest BCUT2D eigenvalue weighted by Crippen LogP contribution is 2.25. The maximum Gasteiger partial charge on any atom is 0.234 e. The van der Waals surface area contributed by atoms with Crippen LogP contribution in [0, 0.1) is 10.9 Å². The second-order valence-electron chi connectivity index (χ2n) is 5.32. The summed E-state index contributed by atoms with van der Waals surface area (Å²) in [4.78, 5) is 12.2. The minimum Gasteiger partial charge on any atom is -0.325 e. The lowest BCUT2D eigenvalue weighted by Crippen LogP contribution is -2.14. The summed E-state index contributed by atoms with van der Waals surface area (Å²) in [7, 11) is 0. The van der Waals surface area contributed by atoms with E-state index in [1.54, 1.807) is 16.8 Å². The lowest BCUT2D eigenvalue weighted by molar-refractivity contribution is -0.113. The third kappa shape index (κ3) is 4.95. The molecule has 0 saturated heterocycles. The quantitative estimate of drug-likeness (QED) is 0.349. The molecule has 2 aromatic carbocycles. The Morgan fingerprint density at radius 3 is 2.77 bits per heavy atom. The fourth-order valence-corrected chi connectivity index (χ4v) is 4.65. The van der Waals surface area contributed by atoms with Crippen molar-refractivity contribution in [1.29, 1.82) is 0 Å². The number of aryl methyl sites for hydroxylation is 1. The van der Waals surface area contributed by atoms with E-state index in [9.17, 15) is 4.79 Å². The summed E-state index contributed by atoms with van der Waals surface area (Å²) in [5.74, 6) is 0.175. The minimum absolute atomic E-state index is 0.0871. The molecule has 1 amide bonds. The number of carbonyl (C=O) groups is 1. The molecular weight excluding hydrogens is 474 g/mol. The molecule has 0 saturated carbocycles. The van der Waals surface area contributed by atoms with Gasteiger partial charge in [-0.05, 0) is 67.2 Å². The van der Waals surface area contributed by atoms with E-state index in [2.05, 4.69) is 26.3 Å². The summed E-state index contributed by atoms with van der Waals surface area (Å²) in [6.07, 6.45) is 0. The Kier molecular flexibility index (Phi) is 6.52. The molecule has 3 aromatic rings. The predicted octanol–water partition coefficient (Wildman–Crippen LogP) is 6.12. The summed E-state index contributed by atoms with van der Waals surface area (Å²) in [6, 6.07) is 13.0. The number of rotatable bonds is 5. The number of nitrogens with one attached hydrogen (secondary N) is 1. The molecule has 1 heterocycles. The van der Waals surface area contributed by atoms with Crippen molar-refractivity contribution in [3.63, 3.8) is 0 Å². The Bertz CT molecular complexity index is 1000. The molecule has 26 heavy (non-hydrogen) atoms. The fraction of sp³-hybridized carbons (Fsp3) is 0.118. The summed E-state index contributed by atoms with van der Waals surface area (Å²) >= 11 is 17.5. The van der Waals surface area contributed by atoms with Gasteiger partial charge in [0.15, 0.2) is 8.29 Å². The van der Waals surface area contributed by atoms with E-state index in [4.69, 9.17) is 23.8 Å². The van der Waals surface area contributed by atoms with Crippen LogP contribution in [-0.2, 0) is 4.79 Å². The van der Waals surface area contributed by atoms with E-state index in [0.717, 1.165) is 25.8 Å². The first-order valence-electron chi connectivity index (χ1n) is 7.47. The van der Waals surface area contributed by atoms with Crippen LogP contribution >= 0.6 is 62.8 Å². The van der Waals surface area contributed by atoms with E-state index in [1.165, 1.54) is 23.1 Å². The molecule has 0 aliphatic heterocycles. The number of aromatic nitrogens is 2. The molecule has 0 fully saturated rings.